The third-order valence-electron chi connectivity index (χ3n) is 3.45. The van der Waals surface area contributed by atoms with Gasteiger partial charge in [0.25, 0.3) is 0 Å². The molecule has 0 spiro atoms. The summed E-state index contributed by atoms with van der Waals surface area (Å²) in [7, 11) is 3.92. The summed E-state index contributed by atoms with van der Waals surface area (Å²) < 4.78 is 7.46. The minimum absolute atomic E-state index is 0.0300. The standard InChI is InChI=1S/C13H23N3O2/c1-10-12(8-17)13(16(3)14-10)15(2)6-7-18-9-11-4-5-11/h11,17H,4-9H2,1-3H3. The van der Waals surface area contributed by atoms with Crippen LogP contribution in [0.5, 0.6) is 0 Å². The predicted molar refractivity (Wildman–Crippen MR) is 70.7 cm³/mol. The lowest BCUT2D eigenvalue weighted by atomic mass is 10.2. The van der Waals surface area contributed by atoms with E-state index in [1.165, 1.54) is 12.8 Å². The number of nitrogens with zero attached hydrogens (tertiary/aromatic N) is 3. The Labute approximate surface area is 108 Å². The zero-order valence-corrected chi connectivity index (χ0v) is 11.5. The smallest absolute Gasteiger partial charge is 0.132 e. The molecule has 0 radical (unpaired) electrons. The van der Waals surface area contributed by atoms with Crippen LogP contribution in [0.4, 0.5) is 5.82 Å². The third kappa shape index (κ3) is 3.03. The largest absolute Gasteiger partial charge is 0.391 e. The van der Waals surface area contributed by atoms with Crippen LogP contribution in [0.25, 0.3) is 0 Å². The van der Waals surface area contributed by atoms with Crippen molar-refractivity contribution in [2.24, 2.45) is 13.0 Å². The molecular formula is C13H23N3O2. The van der Waals surface area contributed by atoms with Crippen LogP contribution in [0, 0.1) is 12.8 Å². The first kappa shape index (κ1) is 13.4. The van der Waals surface area contributed by atoms with E-state index in [4.69, 9.17) is 4.74 Å². The van der Waals surface area contributed by atoms with Gasteiger partial charge in [-0.25, -0.2) is 0 Å². The van der Waals surface area contributed by atoms with E-state index >= 15 is 0 Å². The van der Waals surface area contributed by atoms with E-state index in [0.717, 1.165) is 42.8 Å². The van der Waals surface area contributed by atoms with E-state index in [1.54, 1.807) is 0 Å². The quantitative estimate of drug-likeness (QED) is 0.739. The average molecular weight is 253 g/mol. The zero-order valence-electron chi connectivity index (χ0n) is 11.5. The van der Waals surface area contributed by atoms with E-state index in [1.807, 2.05) is 25.7 Å². The maximum Gasteiger partial charge on any atom is 0.132 e. The molecule has 1 N–H and O–H groups in total. The summed E-state index contributed by atoms with van der Waals surface area (Å²) in [5.74, 6) is 1.78. The van der Waals surface area contributed by atoms with Crippen molar-refractivity contribution in [3.05, 3.63) is 11.3 Å². The molecule has 1 saturated carbocycles. The molecule has 18 heavy (non-hydrogen) atoms. The topological polar surface area (TPSA) is 50.5 Å². The summed E-state index contributed by atoms with van der Waals surface area (Å²) >= 11 is 0. The molecule has 102 valence electrons. The Balaban J connectivity index is 1.88. The highest BCUT2D eigenvalue weighted by molar-refractivity contribution is 5.49. The number of aryl methyl sites for hydroxylation is 2. The van der Waals surface area contributed by atoms with Crippen molar-refractivity contribution >= 4 is 5.82 Å². The molecule has 1 heterocycles. The molecule has 1 aromatic heterocycles. The predicted octanol–water partition coefficient (Wildman–Crippen LogP) is 1.08. The lowest BCUT2D eigenvalue weighted by Crippen LogP contribution is -2.26. The Bertz CT molecular complexity index is 399. The molecule has 0 amide bonds. The first-order valence-corrected chi connectivity index (χ1v) is 6.55. The molecule has 0 aromatic carbocycles. The highest BCUT2D eigenvalue weighted by Gasteiger charge is 2.21. The normalized spacial score (nSPS) is 15.1. The van der Waals surface area contributed by atoms with Gasteiger partial charge in [0.15, 0.2) is 0 Å². The second kappa shape index (κ2) is 5.71. The summed E-state index contributed by atoms with van der Waals surface area (Å²) in [5, 5.41) is 13.7. The highest BCUT2D eigenvalue weighted by Crippen LogP contribution is 2.28. The Kier molecular flexibility index (Phi) is 4.24. The molecule has 1 aromatic rings. The number of aliphatic hydroxyl groups excluding tert-OH is 1. The second-order valence-electron chi connectivity index (χ2n) is 5.11. The number of aliphatic hydroxyl groups is 1. The zero-order chi connectivity index (χ0) is 13.1. The Morgan fingerprint density at radius 3 is 2.83 bits per heavy atom. The fraction of sp³-hybridized carbons (Fsp3) is 0.769. The van der Waals surface area contributed by atoms with Crippen LogP contribution < -0.4 is 4.90 Å². The van der Waals surface area contributed by atoms with Crippen LogP contribution in [0.15, 0.2) is 0 Å². The lowest BCUT2D eigenvalue weighted by Gasteiger charge is -2.20. The van der Waals surface area contributed by atoms with Crippen molar-refractivity contribution in [2.75, 3.05) is 31.7 Å². The molecule has 5 nitrogen and oxygen atoms in total. The lowest BCUT2D eigenvalue weighted by molar-refractivity contribution is 0.130. The molecule has 0 bridgehead atoms. The summed E-state index contributed by atoms with van der Waals surface area (Å²) in [6, 6.07) is 0. The van der Waals surface area contributed by atoms with Gasteiger partial charge in [-0.05, 0) is 25.7 Å². The monoisotopic (exact) mass is 253 g/mol. The summed E-state index contributed by atoms with van der Waals surface area (Å²) in [6.45, 7) is 4.39. The first-order valence-electron chi connectivity index (χ1n) is 6.55. The summed E-state index contributed by atoms with van der Waals surface area (Å²) in [5.41, 5.74) is 1.79. The number of ether oxygens (including phenoxy) is 1. The number of hydrogen-bond donors (Lipinski definition) is 1. The Hall–Kier alpha value is -1.07. The van der Waals surface area contributed by atoms with Crippen LogP contribution in [0.1, 0.15) is 24.1 Å². The van der Waals surface area contributed by atoms with E-state index in [9.17, 15) is 5.11 Å². The number of rotatable bonds is 7. The van der Waals surface area contributed by atoms with Gasteiger partial charge in [0, 0.05) is 32.8 Å². The minimum Gasteiger partial charge on any atom is -0.391 e. The van der Waals surface area contributed by atoms with Crippen LogP contribution in [0.2, 0.25) is 0 Å². The van der Waals surface area contributed by atoms with Crippen LogP contribution in [-0.4, -0.2) is 41.7 Å². The van der Waals surface area contributed by atoms with Crippen molar-refractivity contribution in [1.29, 1.82) is 0 Å². The molecule has 0 unspecified atom stereocenters. The molecule has 0 aliphatic heterocycles. The van der Waals surface area contributed by atoms with Crippen molar-refractivity contribution in [2.45, 2.75) is 26.4 Å². The minimum atomic E-state index is 0.0300. The SMILES string of the molecule is Cc1nn(C)c(N(C)CCOCC2CC2)c1CO. The molecule has 0 atom stereocenters. The van der Waals surface area contributed by atoms with Gasteiger partial charge in [-0.2, -0.15) is 5.10 Å². The van der Waals surface area contributed by atoms with Crippen molar-refractivity contribution < 1.29 is 9.84 Å². The molecule has 2 rings (SSSR count). The Morgan fingerprint density at radius 2 is 2.22 bits per heavy atom. The summed E-state index contributed by atoms with van der Waals surface area (Å²) in [6.07, 6.45) is 2.65. The van der Waals surface area contributed by atoms with Gasteiger partial charge in [-0.1, -0.05) is 0 Å². The molecule has 1 aliphatic rings. The molecule has 1 aliphatic carbocycles. The van der Waals surface area contributed by atoms with Gasteiger partial charge < -0.3 is 14.7 Å². The number of aromatic nitrogens is 2. The van der Waals surface area contributed by atoms with Gasteiger partial charge >= 0.3 is 0 Å². The fourth-order valence-electron chi connectivity index (χ4n) is 2.19. The van der Waals surface area contributed by atoms with E-state index in [0.29, 0.717) is 0 Å². The average Bonchev–Trinajstić information content (AvgIpc) is 3.09. The molecule has 5 heteroatoms. The van der Waals surface area contributed by atoms with Crippen molar-refractivity contribution in [3.8, 4) is 0 Å². The van der Waals surface area contributed by atoms with Crippen LogP contribution >= 0.6 is 0 Å². The fourth-order valence-corrected chi connectivity index (χ4v) is 2.19. The molecule has 1 fully saturated rings. The maximum absolute atomic E-state index is 9.40. The van der Waals surface area contributed by atoms with Gasteiger partial charge in [0.05, 0.1) is 18.9 Å². The van der Waals surface area contributed by atoms with Gasteiger partial charge in [0.2, 0.25) is 0 Å². The molecule has 0 saturated heterocycles. The van der Waals surface area contributed by atoms with E-state index in [-0.39, 0.29) is 6.61 Å². The number of likely N-dealkylation sites (N-methyl/N-ethyl adjacent to an activating group) is 1. The van der Waals surface area contributed by atoms with Gasteiger partial charge in [-0.3, -0.25) is 4.68 Å². The first-order chi connectivity index (χ1) is 8.63. The second-order valence-corrected chi connectivity index (χ2v) is 5.11. The van der Waals surface area contributed by atoms with Gasteiger partial charge in [0.1, 0.15) is 5.82 Å². The van der Waals surface area contributed by atoms with Crippen LogP contribution in [0.3, 0.4) is 0 Å². The third-order valence-corrected chi connectivity index (χ3v) is 3.45. The highest BCUT2D eigenvalue weighted by atomic mass is 16.5. The van der Waals surface area contributed by atoms with E-state index < -0.39 is 0 Å². The summed E-state index contributed by atoms with van der Waals surface area (Å²) in [4.78, 5) is 2.10. The van der Waals surface area contributed by atoms with Crippen molar-refractivity contribution in [1.82, 2.24) is 9.78 Å². The number of anilines is 1. The number of hydrogen-bond acceptors (Lipinski definition) is 4. The van der Waals surface area contributed by atoms with Gasteiger partial charge in [-0.15, -0.1) is 0 Å². The molecular weight excluding hydrogens is 230 g/mol. The maximum atomic E-state index is 9.40. The van der Waals surface area contributed by atoms with Crippen molar-refractivity contribution in [3.63, 3.8) is 0 Å². The van der Waals surface area contributed by atoms with E-state index in [2.05, 4.69) is 10.00 Å². The Morgan fingerprint density at radius 1 is 1.50 bits per heavy atom. The van der Waals surface area contributed by atoms with Crippen LogP contribution in [-0.2, 0) is 18.4 Å².